The number of aliphatic imine (C=N–C) groups is 1. The Balaban J connectivity index is 1.23. The second-order valence-corrected chi connectivity index (χ2v) is 7.56. The summed E-state index contributed by atoms with van der Waals surface area (Å²) in [4.78, 5) is 22.6. The topological polar surface area (TPSA) is 114 Å². The quantitative estimate of drug-likeness (QED) is 0.626. The summed E-state index contributed by atoms with van der Waals surface area (Å²) in [6, 6.07) is 9.03. The summed E-state index contributed by atoms with van der Waals surface area (Å²) in [6.07, 6.45) is 4.53. The van der Waals surface area contributed by atoms with Gasteiger partial charge in [-0.15, -0.1) is 5.10 Å². The van der Waals surface area contributed by atoms with Gasteiger partial charge in [0.05, 0.1) is 36.0 Å². The van der Waals surface area contributed by atoms with E-state index in [9.17, 15) is 4.79 Å². The number of aromatic nitrogens is 4. The number of benzene rings is 1. The van der Waals surface area contributed by atoms with Gasteiger partial charge >= 0.3 is 5.76 Å². The third kappa shape index (κ3) is 3.40. The number of aryl methyl sites for hydroxylation is 1. The normalized spacial score (nSPS) is 19.6. The zero-order chi connectivity index (χ0) is 21.5. The van der Waals surface area contributed by atoms with E-state index >= 15 is 0 Å². The number of ether oxygens (including phenoxy) is 1. The molecule has 10 nitrogen and oxygen atoms in total. The maximum absolute atomic E-state index is 12.3. The van der Waals surface area contributed by atoms with Gasteiger partial charge < -0.3 is 18.6 Å². The van der Waals surface area contributed by atoms with Gasteiger partial charge in [0.2, 0.25) is 5.89 Å². The highest BCUT2D eigenvalue weighted by Gasteiger charge is 2.35. The second-order valence-electron chi connectivity index (χ2n) is 7.56. The molecule has 0 unspecified atom stereocenters. The summed E-state index contributed by atoms with van der Waals surface area (Å²) in [7, 11) is 1.87. The van der Waals surface area contributed by atoms with Crippen LogP contribution in [0.4, 0.5) is 5.82 Å². The van der Waals surface area contributed by atoms with Crippen LogP contribution in [0.2, 0.25) is 0 Å². The van der Waals surface area contributed by atoms with Crippen molar-refractivity contribution in [1.82, 2.24) is 24.2 Å². The van der Waals surface area contributed by atoms with Crippen LogP contribution in [-0.4, -0.2) is 36.7 Å². The summed E-state index contributed by atoms with van der Waals surface area (Å²) in [5, 5.41) is 13.4. The van der Waals surface area contributed by atoms with E-state index in [1.165, 1.54) is 4.68 Å². The molecule has 2 aromatic heterocycles. The largest absolute Gasteiger partial charge is 0.490 e. The number of nitrogens with zero attached hydrogens (tertiary/aromatic N) is 7. The van der Waals surface area contributed by atoms with Gasteiger partial charge in [0.25, 0.3) is 0 Å². The van der Waals surface area contributed by atoms with E-state index in [2.05, 4.69) is 27.7 Å². The van der Waals surface area contributed by atoms with Crippen molar-refractivity contribution in [2.45, 2.75) is 31.5 Å². The van der Waals surface area contributed by atoms with Crippen molar-refractivity contribution in [3.8, 4) is 11.8 Å². The SMILES string of the molecule is C=C1c2c(ncn2C)N=CN1Cc1nn(C2CC(Oc3cccc(C#N)c3)C2)c(=O)o1. The summed E-state index contributed by atoms with van der Waals surface area (Å²) in [5.74, 6) is 1.05. The Morgan fingerprint density at radius 1 is 1.39 bits per heavy atom. The maximum atomic E-state index is 12.3. The van der Waals surface area contributed by atoms with Gasteiger partial charge in [0.15, 0.2) is 5.82 Å². The predicted octanol–water partition coefficient (Wildman–Crippen LogP) is 2.37. The molecular weight excluding hydrogens is 398 g/mol. The Morgan fingerprint density at radius 3 is 3.03 bits per heavy atom. The maximum Gasteiger partial charge on any atom is 0.437 e. The Hall–Kier alpha value is -4.13. The molecule has 3 aromatic rings. The minimum absolute atomic E-state index is 0.0386. The number of nitriles is 1. The fourth-order valence-corrected chi connectivity index (χ4v) is 3.75. The summed E-state index contributed by atoms with van der Waals surface area (Å²) in [6.45, 7) is 4.34. The van der Waals surface area contributed by atoms with Crippen LogP contribution >= 0.6 is 0 Å². The molecule has 31 heavy (non-hydrogen) atoms. The lowest BCUT2D eigenvalue weighted by Crippen LogP contribution is -2.39. The van der Waals surface area contributed by atoms with Gasteiger partial charge in [-0.3, -0.25) is 0 Å². The molecule has 10 heteroatoms. The number of hydrogen-bond donors (Lipinski definition) is 0. The van der Waals surface area contributed by atoms with Crippen LogP contribution in [0.5, 0.6) is 5.75 Å². The Bertz CT molecular complexity index is 1290. The summed E-state index contributed by atoms with van der Waals surface area (Å²) >= 11 is 0. The molecule has 156 valence electrons. The highest BCUT2D eigenvalue weighted by atomic mass is 16.5. The van der Waals surface area contributed by atoms with Crippen molar-refractivity contribution in [1.29, 1.82) is 5.26 Å². The number of hydrogen-bond acceptors (Lipinski definition) is 8. The minimum Gasteiger partial charge on any atom is -0.490 e. The van der Waals surface area contributed by atoms with Crippen LogP contribution in [-0.2, 0) is 13.6 Å². The lowest BCUT2D eigenvalue weighted by atomic mass is 9.89. The zero-order valence-corrected chi connectivity index (χ0v) is 16.8. The molecule has 0 bridgehead atoms. The lowest BCUT2D eigenvalue weighted by molar-refractivity contribution is 0.0616. The number of rotatable bonds is 5. The predicted molar refractivity (Wildman–Crippen MR) is 111 cm³/mol. The summed E-state index contributed by atoms with van der Waals surface area (Å²) < 4.78 is 14.5. The van der Waals surface area contributed by atoms with Crippen molar-refractivity contribution < 1.29 is 9.15 Å². The average Bonchev–Trinajstić information content (AvgIpc) is 3.29. The molecule has 0 amide bonds. The van der Waals surface area contributed by atoms with Crippen molar-refractivity contribution in [2.75, 3.05) is 0 Å². The number of fused-ring (bicyclic) bond motifs is 1. The first-order valence-electron chi connectivity index (χ1n) is 9.78. The molecule has 1 aliphatic carbocycles. The molecule has 0 atom stereocenters. The summed E-state index contributed by atoms with van der Waals surface area (Å²) in [5.41, 5.74) is 2.06. The van der Waals surface area contributed by atoms with Crippen LogP contribution in [0.15, 0.2) is 51.4 Å². The fourth-order valence-electron chi connectivity index (χ4n) is 3.75. The van der Waals surface area contributed by atoms with Gasteiger partial charge in [-0.1, -0.05) is 12.6 Å². The highest BCUT2D eigenvalue weighted by molar-refractivity contribution is 5.83. The van der Waals surface area contributed by atoms with Crippen LogP contribution < -0.4 is 10.5 Å². The molecule has 0 saturated heterocycles. The molecule has 0 radical (unpaired) electrons. The van der Waals surface area contributed by atoms with Crippen LogP contribution in [0.3, 0.4) is 0 Å². The van der Waals surface area contributed by atoms with Crippen molar-refractivity contribution in [2.24, 2.45) is 12.0 Å². The first kappa shape index (κ1) is 18.9. The van der Waals surface area contributed by atoms with E-state index in [0.29, 0.717) is 35.7 Å². The van der Waals surface area contributed by atoms with E-state index in [1.807, 2.05) is 17.7 Å². The van der Waals surface area contributed by atoms with Gasteiger partial charge in [-0.05, 0) is 18.2 Å². The Kier molecular flexibility index (Phi) is 4.43. The highest BCUT2D eigenvalue weighted by Crippen LogP contribution is 2.34. The third-order valence-electron chi connectivity index (χ3n) is 5.46. The monoisotopic (exact) mass is 417 g/mol. The Labute approximate surface area is 177 Å². The zero-order valence-electron chi connectivity index (χ0n) is 16.8. The van der Waals surface area contributed by atoms with Gasteiger partial charge in [0, 0.05) is 19.9 Å². The van der Waals surface area contributed by atoms with Gasteiger partial charge in [-0.2, -0.15) is 9.94 Å². The van der Waals surface area contributed by atoms with Crippen LogP contribution in [0.1, 0.15) is 36.0 Å². The first-order chi connectivity index (χ1) is 15.0. The van der Waals surface area contributed by atoms with Crippen LogP contribution in [0.25, 0.3) is 5.70 Å². The smallest absolute Gasteiger partial charge is 0.437 e. The fraction of sp³-hybridized carbons (Fsp3) is 0.286. The number of imidazole rings is 1. The van der Waals surface area contributed by atoms with E-state index in [4.69, 9.17) is 14.4 Å². The van der Waals surface area contributed by atoms with Crippen molar-refractivity contribution >= 4 is 17.9 Å². The molecule has 5 rings (SSSR count). The van der Waals surface area contributed by atoms with E-state index in [1.54, 1.807) is 35.8 Å². The van der Waals surface area contributed by atoms with Crippen molar-refractivity contribution in [3.63, 3.8) is 0 Å². The molecule has 1 aliphatic heterocycles. The Morgan fingerprint density at radius 2 is 2.23 bits per heavy atom. The average molecular weight is 417 g/mol. The molecular formula is C21H19N7O3. The van der Waals surface area contributed by atoms with Crippen molar-refractivity contribution in [3.05, 3.63) is 64.9 Å². The lowest BCUT2D eigenvalue weighted by Gasteiger charge is -2.34. The van der Waals surface area contributed by atoms with Crippen LogP contribution in [0, 0.1) is 11.3 Å². The molecule has 3 heterocycles. The second kappa shape index (κ2) is 7.28. The minimum atomic E-state index is -0.495. The molecule has 1 fully saturated rings. The molecule has 2 aliphatic rings. The van der Waals surface area contributed by atoms with Gasteiger partial charge in [0.1, 0.15) is 24.1 Å². The molecule has 0 N–H and O–H groups in total. The van der Waals surface area contributed by atoms with E-state index < -0.39 is 5.76 Å². The molecule has 0 spiro atoms. The molecule has 1 saturated carbocycles. The third-order valence-corrected chi connectivity index (χ3v) is 5.46. The van der Waals surface area contributed by atoms with Gasteiger partial charge in [-0.25, -0.2) is 14.8 Å². The standard InChI is InChI=1S/C21H19N7O3/c1-13-19-20(23-11-26(19)2)24-12-27(13)10-18-25-28(21(29)31-18)15-7-17(8-15)30-16-5-3-4-14(6-16)9-22/h3-6,11-12,15,17H,1,7-8,10H2,2H3. The van der Waals surface area contributed by atoms with E-state index in [-0.39, 0.29) is 24.6 Å². The van der Waals surface area contributed by atoms with E-state index in [0.717, 1.165) is 5.69 Å². The molecule has 1 aromatic carbocycles. The first-order valence-corrected chi connectivity index (χ1v) is 9.78.